The zero-order valence-corrected chi connectivity index (χ0v) is 22.9. The highest BCUT2D eigenvalue weighted by molar-refractivity contribution is 7.89. The average Bonchev–Trinajstić information content (AvgIpc) is 2.88. The number of carboxylic acids is 2. The number of hydrogen-bond acceptors (Lipinski definition) is 6. The molecule has 40 heavy (non-hydrogen) atoms. The van der Waals surface area contributed by atoms with Crippen LogP contribution in [0.25, 0.3) is 0 Å². The van der Waals surface area contributed by atoms with Crippen LogP contribution in [0.4, 0.5) is 4.39 Å². The summed E-state index contributed by atoms with van der Waals surface area (Å²) in [4.78, 5) is 35.3. The molecule has 0 aromatic heterocycles. The number of ether oxygens (including phenoxy) is 1. The Hall–Kier alpha value is -3.71. The number of hydrogen-bond donors (Lipinski definition) is 3. The largest absolute Gasteiger partial charge is 0.489 e. The van der Waals surface area contributed by atoms with Crippen LogP contribution in [0.1, 0.15) is 11.1 Å². The molecule has 0 aliphatic carbocycles. The Morgan fingerprint density at radius 3 is 2.08 bits per heavy atom. The van der Waals surface area contributed by atoms with Crippen molar-refractivity contribution in [2.24, 2.45) is 0 Å². The summed E-state index contributed by atoms with van der Waals surface area (Å²) in [6.07, 6.45) is -0.165. The Kier molecular flexibility index (Phi) is 10.5. The van der Waals surface area contributed by atoms with Crippen LogP contribution in [0.2, 0.25) is 10.0 Å². The van der Waals surface area contributed by atoms with Crippen LogP contribution in [0, 0.1) is 5.82 Å². The van der Waals surface area contributed by atoms with Gasteiger partial charge in [-0.1, -0.05) is 41.4 Å². The van der Waals surface area contributed by atoms with Gasteiger partial charge in [-0.25, -0.2) is 17.6 Å². The molecule has 0 spiro atoms. The third kappa shape index (κ3) is 8.39. The van der Waals surface area contributed by atoms with Crippen LogP contribution in [-0.4, -0.2) is 59.9 Å². The van der Waals surface area contributed by atoms with Gasteiger partial charge < -0.3 is 20.3 Å². The summed E-state index contributed by atoms with van der Waals surface area (Å²) in [6.45, 7) is -1.96. The normalized spacial score (nSPS) is 12.1. The van der Waals surface area contributed by atoms with Gasteiger partial charge in [0.05, 0.1) is 11.4 Å². The van der Waals surface area contributed by atoms with E-state index >= 15 is 0 Å². The maximum Gasteiger partial charge on any atom is 0.326 e. The van der Waals surface area contributed by atoms with Crippen LogP contribution in [-0.2, 0) is 37.4 Å². The van der Waals surface area contributed by atoms with Crippen molar-refractivity contribution in [2.45, 2.75) is 24.0 Å². The molecule has 0 heterocycles. The molecule has 212 valence electrons. The number of amides is 1. The van der Waals surface area contributed by atoms with E-state index in [-0.39, 0.29) is 13.0 Å². The lowest BCUT2D eigenvalue weighted by atomic mass is 10.1. The minimum atomic E-state index is -4.51. The van der Waals surface area contributed by atoms with Crippen LogP contribution < -0.4 is 10.1 Å². The number of nitrogens with one attached hydrogen (secondary N) is 1. The summed E-state index contributed by atoms with van der Waals surface area (Å²) in [5, 5.41) is 21.9. The van der Waals surface area contributed by atoms with Crippen LogP contribution in [0.15, 0.2) is 71.6 Å². The first-order chi connectivity index (χ1) is 18.9. The summed E-state index contributed by atoms with van der Waals surface area (Å²) in [5.74, 6) is -4.25. The van der Waals surface area contributed by atoms with Gasteiger partial charge in [0.25, 0.3) is 0 Å². The van der Waals surface area contributed by atoms with Gasteiger partial charge in [0, 0.05) is 22.0 Å². The van der Waals surface area contributed by atoms with E-state index in [9.17, 15) is 32.3 Å². The average molecular weight is 613 g/mol. The number of sulfonamides is 1. The quantitative estimate of drug-likeness (QED) is 0.265. The summed E-state index contributed by atoms with van der Waals surface area (Å²) in [5.41, 5.74) is 1.11. The number of carbonyl (C=O) groups is 3. The molecule has 0 bridgehead atoms. The second kappa shape index (κ2) is 13.6. The van der Waals surface area contributed by atoms with Crippen LogP contribution in [0.5, 0.6) is 5.75 Å². The van der Waals surface area contributed by atoms with Crippen molar-refractivity contribution in [3.63, 3.8) is 0 Å². The molecule has 0 saturated heterocycles. The van der Waals surface area contributed by atoms with Crippen LogP contribution >= 0.6 is 23.2 Å². The molecule has 0 fully saturated rings. The molecule has 1 amide bonds. The van der Waals surface area contributed by atoms with E-state index in [0.717, 1.165) is 24.3 Å². The molecule has 3 aromatic carbocycles. The standard InChI is InChI=1S/C26H23Cl2FN2O8S/c27-21-2-1-3-22(28)20(21)15-39-18-8-4-16(5-9-18)12-23(26(35)36)30-24(32)13-31(14-25(33)34)40(37,38)19-10-6-17(29)7-11-19/h1-11,23H,12-15H2,(H,30,32)(H,33,34)(H,35,36)/t23-/m0/s1. The molecule has 14 heteroatoms. The van der Waals surface area contributed by atoms with Crippen molar-refractivity contribution in [3.8, 4) is 5.75 Å². The zero-order valence-electron chi connectivity index (χ0n) is 20.6. The number of halogens is 3. The predicted octanol–water partition coefficient (Wildman–Crippen LogP) is 3.60. The highest BCUT2D eigenvalue weighted by Crippen LogP contribution is 2.26. The smallest absolute Gasteiger partial charge is 0.326 e. The minimum absolute atomic E-state index is 0.0966. The molecule has 10 nitrogen and oxygen atoms in total. The lowest BCUT2D eigenvalue weighted by Crippen LogP contribution is -2.48. The number of carboxylic acid groups (broad SMARTS) is 2. The Morgan fingerprint density at radius 2 is 1.52 bits per heavy atom. The highest BCUT2D eigenvalue weighted by Gasteiger charge is 2.30. The predicted molar refractivity (Wildman–Crippen MR) is 143 cm³/mol. The first kappa shape index (κ1) is 30.8. The number of rotatable bonds is 13. The van der Waals surface area contributed by atoms with E-state index in [1.54, 1.807) is 42.5 Å². The second-order valence-corrected chi connectivity index (χ2v) is 11.2. The number of nitrogens with zero attached hydrogens (tertiary/aromatic N) is 1. The van der Waals surface area contributed by atoms with Crippen molar-refractivity contribution in [1.29, 1.82) is 0 Å². The van der Waals surface area contributed by atoms with Crippen LogP contribution in [0.3, 0.4) is 0 Å². The minimum Gasteiger partial charge on any atom is -0.489 e. The summed E-state index contributed by atoms with van der Waals surface area (Å²) >= 11 is 12.3. The van der Waals surface area contributed by atoms with Crippen molar-refractivity contribution >= 4 is 51.1 Å². The molecule has 0 aliphatic rings. The van der Waals surface area contributed by atoms with Crippen molar-refractivity contribution in [1.82, 2.24) is 9.62 Å². The fourth-order valence-corrected chi connectivity index (χ4v) is 5.37. The first-order valence-corrected chi connectivity index (χ1v) is 13.7. The SMILES string of the molecule is O=C(O)CN(CC(=O)N[C@@H](Cc1ccc(OCc2c(Cl)cccc2Cl)cc1)C(=O)O)S(=O)(=O)c1ccc(F)cc1. The molecule has 3 rings (SSSR count). The monoisotopic (exact) mass is 612 g/mol. The molecular weight excluding hydrogens is 590 g/mol. The maximum atomic E-state index is 13.2. The molecule has 0 aliphatic heterocycles. The molecule has 0 radical (unpaired) electrons. The topological polar surface area (TPSA) is 150 Å². The first-order valence-electron chi connectivity index (χ1n) is 11.5. The van der Waals surface area contributed by atoms with E-state index < -0.39 is 57.7 Å². The third-order valence-corrected chi connectivity index (χ3v) is 8.04. The lowest BCUT2D eigenvalue weighted by Gasteiger charge is -2.21. The second-order valence-electron chi connectivity index (χ2n) is 8.42. The Bertz CT molecular complexity index is 1470. The lowest BCUT2D eigenvalue weighted by molar-refractivity contribution is -0.142. The van der Waals surface area contributed by atoms with Gasteiger partial charge in [0.2, 0.25) is 15.9 Å². The number of aliphatic carboxylic acids is 2. The summed E-state index contributed by atoms with van der Waals surface area (Å²) < 4.78 is 45.0. The van der Waals surface area contributed by atoms with Gasteiger partial charge in [-0.05, 0) is 54.1 Å². The van der Waals surface area contributed by atoms with E-state index in [1.807, 2.05) is 0 Å². The fourth-order valence-electron chi connectivity index (χ4n) is 3.52. The van der Waals surface area contributed by atoms with E-state index in [0.29, 0.717) is 31.2 Å². The van der Waals surface area contributed by atoms with E-state index in [2.05, 4.69) is 5.32 Å². The molecule has 0 unspecified atom stereocenters. The third-order valence-electron chi connectivity index (χ3n) is 5.52. The molecule has 3 aromatic rings. The molecule has 1 atom stereocenters. The zero-order chi connectivity index (χ0) is 29.4. The fraction of sp³-hybridized carbons (Fsp3) is 0.192. The maximum absolute atomic E-state index is 13.2. The van der Waals surface area contributed by atoms with Gasteiger partial charge in [-0.15, -0.1) is 0 Å². The molecular formula is C26H23Cl2FN2O8S. The number of benzene rings is 3. The van der Waals surface area contributed by atoms with Gasteiger partial charge in [-0.3, -0.25) is 9.59 Å². The van der Waals surface area contributed by atoms with Crippen molar-refractivity contribution < 1.29 is 42.1 Å². The van der Waals surface area contributed by atoms with E-state index in [1.165, 1.54) is 0 Å². The van der Waals surface area contributed by atoms with Gasteiger partial charge >= 0.3 is 11.9 Å². The van der Waals surface area contributed by atoms with Crippen molar-refractivity contribution in [2.75, 3.05) is 13.1 Å². The Morgan fingerprint density at radius 1 is 0.925 bits per heavy atom. The Labute approximate surface area is 238 Å². The summed E-state index contributed by atoms with van der Waals surface area (Å²) in [7, 11) is -4.51. The van der Waals surface area contributed by atoms with Gasteiger partial charge in [0.1, 0.15) is 30.8 Å². The van der Waals surface area contributed by atoms with Gasteiger partial charge in [-0.2, -0.15) is 4.31 Å². The number of carbonyl (C=O) groups excluding carboxylic acids is 1. The van der Waals surface area contributed by atoms with E-state index in [4.69, 9.17) is 33.0 Å². The molecule has 3 N–H and O–H groups in total. The van der Waals surface area contributed by atoms with Crippen molar-refractivity contribution in [3.05, 3.63) is 93.7 Å². The summed E-state index contributed by atoms with van der Waals surface area (Å²) in [6, 6.07) is 13.5. The molecule has 0 saturated carbocycles. The Balaban J connectivity index is 1.66. The van der Waals surface area contributed by atoms with Gasteiger partial charge in [0.15, 0.2) is 0 Å². The highest BCUT2D eigenvalue weighted by atomic mass is 35.5.